The van der Waals surface area contributed by atoms with Gasteiger partial charge in [-0.15, -0.1) is 0 Å². The summed E-state index contributed by atoms with van der Waals surface area (Å²) in [6.07, 6.45) is 0.811. The SMILES string of the molecule is CCc1ccc2oc3c(c(=O)c2c1)C(c1cccc(Oc2ccccc2)c1)NC3=O. The quantitative estimate of drug-likeness (QED) is 0.527. The van der Waals surface area contributed by atoms with Gasteiger partial charge >= 0.3 is 0 Å². The van der Waals surface area contributed by atoms with Crippen molar-refractivity contribution in [3.05, 3.63) is 105 Å². The maximum absolute atomic E-state index is 13.3. The van der Waals surface area contributed by atoms with Crippen LogP contribution in [-0.2, 0) is 6.42 Å². The molecule has 5 rings (SSSR count). The van der Waals surface area contributed by atoms with Crippen molar-refractivity contribution < 1.29 is 13.9 Å². The van der Waals surface area contributed by atoms with Gasteiger partial charge in [-0.25, -0.2) is 0 Å². The summed E-state index contributed by atoms with van der Waals surface area (Å²) >= 11 is 0. The fourth-order valence-corrected chi connectivity index (χ4v) is 3.81. The van der Waals surface area contributed by atoms with E-state index in [2.05, 4.69) is 5.32 Å². The van der Waals surface area contributed by atoms with E-state index in [1.807, 2.05) is 73.7 Å². The summed E-state index contributed by atoms with van der Waals surface area (Å²) in [6, 6.07) is 21.7. The largest absolute Gasteiger partial charge is 0.457 e. The van der Waals surface area contributed by atoms with Crippen molar-refractivity contribution in [2.24, 2.45) is 0 Å². The first-order chi connectivity index (χ1) is 14.6. The highest BCUT2D eigenvalue weighted by molar-refractivity contribution is 5.99. The molecule has 0 radical (unpaired) electrons. The van der Waals surface area contributed by atoms with E-state index in [4.69, 9.17) is 9.15 Å². The lowest BCUT2D eigenvalue weighted by atomic mass is 9.98. The molecule has 1 atom stereocenters. The molecule has 1 unspecified atom stereocenters. The molecule has 0 aliphatic carbocycles. The Morgan fingerprint density at radius 2 is 1.73 bits per heavy atom. The zero-order chi connectivity index (χ0) is 20.7. The predicted molar refractivity (Wildman–Crippen MR) is 114 cm³/mol. The number of nitrogens with one attached hydrogen (secondary N) is 1. The van der Waals surface area contributed by atoms with Crippen LogP contribution in [0.1, 0.15) is 40.2 Å². The summed E-state index contributed by atoms with van der Waals surface area (Å²) in [6.45, 7) is 2.03. The Bertz CT molecular complexity index is 1320. The molecule has 0 saturated heterocycles. The van der Waals surface area contributed by atoms with Crippen LogP contribution >= 0.6 is 0 Å². The van der Waals surface area contributed by atoms with Crippen molar-refractivity contribution in [1.82, 2.24) is 5.32 Å². The molecule has 3 aromatic carbocycles. The third kappa shape index (κ3) is 3.05. The van der Waals surface area contributed by atoms with Gasteiger partial charge in [0.2, 0.25) is 5.76 Å². The topological polar surface area (TPSA) is 68.5 Å². The van der Waals surface area contributed by atoms with E-state index in [-0.39, 0.29) is 17.1 Å². The van der Waals surface area contributed by atoms with Gasteiger partial charge in [0.15, 0.2) is 5.43 Å². The van der Waals surface area contributed by atoms with Gasteiger partial charge in [0.1, 0.15) is 17.1 Å². The molecular weight excluding hydrogens is 378 g/mol. The Morgan fingerprint density at radius 1 is 0.933 bits per heavy atom. The van der Waals surface area contributed by atoms with E-state index < -0.39 is 6.04 Å². The number of hydrogen-bond acceptors (Lipinski definition) is 4. The predicted octanol–water partition coefficient (Wildman–Crippen LogP) is 4.98. The molecule has 1 aliphatic heterocycles. The average Bonchev–Trinajstić information content (AvgIpc) is 3.11. The molecule has 5 nitrogen and oxygen atoms in total. The molecule has 5 heteroatoms. The monoisotopic (exact) mass is 397 g/mol. The fraction of sp³-hybridized carbons (Fsp3) is 0.120. The van der Waals surface area contributed by atoms with Crippen molar-refractivity contribution in [1.29, 1.82) is 0 Å². The molecule has 148 valence electrons. The number of rotatable bonds is 4. The summed E-state index contributed by atoms with van der Waals surface area (Å²) in [5.41, 5.74) is 2.39. The molecule has 1 aliphatic rings. The van der Waals surface area contributed by atoms with Crippen molar-refractivity contribution in [3.63, 3.8) is 0 Å². The average molecular weight is 397 g/mol. The summed E-state index contributed by atoms with van der Waals surface area (Å²) in [7, 11) is 0. The molecule has 0 spiro atoms. The summed E-state index contributed by atoms with van der Waals surface area (Å²) in [5.74, 6) is 1.03. The molecule has 0 saturated carbocycles. The van der Waals surface area contributed by atoms with Crippen LogP contribution < -0.4 is 15.5 Å². The minimum absolute atomic E-state index is 0.0797. The molecule has 1 aromatic heterocycles. The normalized spacial score (nSPS) is 15.1. The lowest BCUT2D eigenvalue weighted by molar-refractivity contribution is 0.0938. The van der Waals surface area contributed by atoms with Crippen LogP contribution in [0.4, 0.5) is 0 Å². The fourth-order valence-electron chi connectivity index (χ4n) is 3.81. The lowest BCUT2D eigenvalue weighted by Crippen LogP contribution is -2.21. The van der Waals surface area contributed by atoms with Gasteiger partial charge in [-0.05, 0) is 53.9 Å². The third-order valence-electron chi connectivity index (χ3n) is 5.34. The summed E-state index contributed by atoms with van der Waals surface area (Å²) in [4.78, 5) is 25.9. The van der Waals surface area contributed by atoms with Crippen molar-refractivity contribution in [3.8, 4) is 11.5 Å². The Hall–Kier alpha value is -3.86. The summed E-state index contributed by atoms with van der Waals surface area (Å²) < 4.78 is 11.7. The molecule has 0 bridgehead atoms. The second-order valence-corrected chi connectivity index (χ2v) is 7.25. The number of ether oxygens (including phenoxy) is 1. The highest BCUT2D eigenvalue weighted by Gasteiger charge is 2.36. The van der Waals surface area contributed by atoms with Crippen LogP contribution in [0, 0.1) is 0 Å². The number of fused-ring (bicyclic) bond motifs is 2. The Morgan fingerprint density at radius 3 is 2.53 bits per heavy atom. The number of amides is 1. The highest BCUT2D eigenvalue weighted by Crippen LogP contribution is 2.33. The van der Waals surface area contributed by atoms with Gasteiger partial charge < -0.3 is 14.5 Å². The first-order valence-electron chi connectivity index (χ1n) is 9.87. The van der Waals surface area contributed by atoms with Gasteiger partial charge in [0.05, 0.1) is 17.0 Å². The highest BCUT2D eigenvalue weighted by atomic mass is 16.5. The van der Waals surface area contributed by atoms with E-state index in [0.717, 1.165) is 17.5 Å². The Kier molecular flexibility index (Phi) is 4.36. The van der Waals surface area contributed by atoms with Crippen LogP contribution in [-0.4, -0.2) is 5.91 Å². The van der Waals surface area contributed by atoms with E-state index in [1.165, 1.54) is 0 Å². The molecular formula is C25H19NO4. The van der Waals surface area contributed by atoms with Crippen molar-refractivity contribution in [2.75, 3.05) is 0 Å². The van der Waals surface area contributed by atoms with E-state index in [9.17, 15) is 9.59 Å². The Balaban J connectivity index is 1.60. The zero-order valence-electron chi connectivity index (χ0n) is 16.3. The van der Waals surface area contributed by atoms with Crippen molar-refractivity contribution in [2.45, 2.75) is 19.4 Å². The van der Waals surface area contributed by atoms with Gasteiger partial charge in [-0.2, -0.15) is 0 Å². The minimum atomic E-state index is -0.585. The number of carbonyl (C=O) groups excluding carboxylic acids is 1. The van der Waals surface area contributed by atoms with Crippen LogP contribution in [0.25, 0.3) is 11.0 Å². The minimum Gasteiger partial charge on any atom is -0.457 e. The van der Waals surface area contributed by atoms with Crippen molar-refractivity contribution >= 4 is 16.9 Å². The van der Waals surface area contributed by atoms with Crippen LogP contribution in [0.15, 0.2) is 82.0 Å². The van der Waals surface area contributed by atoms with Crippen LogP contribution in [0.5, 0.6) is 11.5 Å². The van der Waals surface area contributed by atoms with E-state index in [1.54, 1.807) is 6.07 Å². The second kappa shape index (κ2) is 7.19. The molecule has 1 amide bonds. The third-order valence-corrected chi connectivity index (χ3v) is 5.34. The lowest BCUT2D eigenvalue weighted by Gasteiger charge is -2.13. The molecule has 0 fully saturated rings. The van der Waals surface area contributed by atoms with E-state index >= 15 is 0 Å². The van der Waals surface area contributed by atoms with E-state index in [0.29, 0.717) is 28.0 Å². The second-order valence-electron chi connectivity index (χ2n) is 7.25. The number of hydrogen-bond donors (Lipinski definition) is 1. The standard InChI is InChI=1S/C25H19NO4/c1-2-15-11-12-20-19(13-15)23(27)21-22(26-25(28)24(21)30-20)16-7-6-10-18(14-16)29-17-8-4-3-5-9-17/h3-14,22H,2H2,1H3,(H,26,28). The zero-order valence-corrected chi connectivity index (χ0v) is 16.3. The van der Waals surface area contributed by atoms with Gasteiger partial charge in [-0.1, -0.05) is 43.3 Å². The number of aryl methyl sites for hydroxylation is 1. The molecule has 30 heavy (non-hydrogen) atoms. The number of benzene rings is 3. The van der Waals surface area contributed by atoms with Gasteiger partial charge in [0, 0.05) is 0 Å². The van der Waals surface area contributed by atoms with Crippen LogP contribution in [0.3, 0.4) is 0 Å². The first kappa shape index (κ1) is 18.2. The number of para-hydroxylation sites is 1. The van der Waals surface area contributed by atoms with Crippen LogP contribution in [0.2, 0.25) is 0 Å². The summed E-state index contributed by atoms with van der Waals surface area (Å²) in [5, 5.41) is 3.37. The Labute approximate surface area is 172 Å². The van der Waals surface area contributed by atoms with Gasteiger partial charge in [-0.3, -0.25) is 9.59 Å². The molecule has 4 aromatic rings. The molecule has 2 heterocycles. The number of carbonyl (C=O) groups is 1. The molecule has 1 N–H and O–H groups in total. The maximum atomic E-state index is 13.3. The smallest absolute Gasteiger partial charge is 0.288 e. The van der Waals surface area contributed by atoms with Gasteiger partial charge in [0.25, 0.3) is 5.91 Å². The first-order valence-corrected chi connectivity index (χ1v) is 9.87. The maximum Gasteiger partial charge on any atom is 0.288 e.